The third kappa shape index (κ3) is 4.75. The van der Waals surface area contributed by atoms with Crippen LogP contribution in [0.5, 0.6) is 0 Å². The molecule has 0 bridgehead atoms. The van der Waals surface area contributed by atoms with Gasteiger partial charge >= 0.3 is 0 Å². The highest BCUT2D eigenvalue weighted by Gasteiger charge is 2.16. The van der Waals surface area contributed by atoms with E-state index in [4.69, 9.17) is 0 Å². The van der Waals surface area contributed by atoms with Gasteiger partial charge in [0.05, 0.1) is 27.3 Å². The zero-order valence-corrected chi connectivity index (χ0v) is 18.1. The summed E-state index contributed by atoms with van der Waals surface area (Å²) >= 11 is 1.03. The first-order valence-electron chi connectivity index (χ1n) is 9.79. The van der Waals surface area contributed by atoms with Crippen LogP contribution in [-0.4, -0.2) is 26.1 Å². The number of aryl methyl sites for hydroxylation is 1. The topological polar surface area (TPSA) is 107 Å². The number of carbonyl (C=O) groups is 1. The summed E-state index contributed by atoms with van der Waals surface area (Å²) in [5.74, 6) is -0.972. The normalized spacial score (nSPS) is 10.8. The Bertz CT molecular complexity index is 1440. The second-order valence-electron chi connectivity index (χ2n) is 7.12. The van der Waals surface area contributed by atoms with Crippen LogP contribution in [0.3, 0.4) is 0 Å². The van der Waals surface area contributed by atoms with Crippen molar-refractivity contribution in [3.63, 3.8) is 0 Å². The lowest BCUT2D eigenvalue weighted by Crippen LogP contribution is -2.23. The van der Waals surface area contributed by atoms with Crippen LogP contribution in [0.15, 0.2) is 76.7 Å². The number of rotatable bonds is 6. The molecule has 0 unspecified atom stereocenters. The van der Waals surface area contributed by atoms with Gasteiger partial charge in [-0.2, -0.15) is 0 Å². The minimum Gasteiger partial charge on any atom is -0.325 e. The molecule has 0 spiro atoms. The maximum Gasteiger partial charge on any atom is 0.274 e. The molecule has 0 saturated heterocycles. The van der Waals surface area contributed by atoms with Crippen LogP contribution >= 0.6 is 11.8 Å². The largest absolute Gasteiger partial charge is 0.325 e. The second-order valence-corrected chi connectivity index (χ2v) is 8.07. The van der Waals surface area contributed by atoms with E-state index in [2.05, 4.69) is 10.3 Å². The molecule has 0 aliphatic carbocycles. The average Bonchev–Trinajstić information content (AvgIpc) is 2.80. The van der Waals surface area contributed by atoms with Crippen molar-refractivity contribution in [3.8, 4) is 5.69 Å². The lowest BCUT2D eigenvalue weighted by atomic mass is 10.2. The highest BCUT2D eigenvalue weighted by molar-refractivity contribution is 7.99. The number of amides is 1. The van der Waals surface area contributed by atoms with Crippen molar-refractivity contribution in [2.24, 2.45) is 0 Å². The molecular formula is C23H17FN4O4S. The predicted molar refractivity (Wildman–Crippen MR) is 124 cm³/mol. The van der Waals surface area contributed by atoms with Crippen molar-refractivity contribution in [2.75, 3.05) is 11.1 Å². The molecule has 1 heterocycles. The van der Waals surface area contributed by atoms with Gasteiger partial charge in [-0.25, -0.2) is 9.37 Å². The summed E-state index contributed by atoms with van der Waals surface area (Å²) in [5, 5.41) is 14.4. The molecule has 0 aliphatic heterocycles. The summed E-state index contributed by atoms with van der Waals surface area (Å²) in [6, 6.07) is 16.6. The minimum atomic E-state index is -0.514. The molecule has 4 rings (SSSR count). The monoisotopic (exact) mass is 464 g/mol. The molecule has 4 aromatic rings. The highest BCUT2D eigenvalue weighted by atomic mass is 32.2. The Balaban J connectivity index is 1.63. The van der Waals surface area contributed by atoms with E-state index >= 15 is 0 Å². The van der Waals surface area contributed by atoms with Gasteiger partial charge in [0, 0.05) is 17.3 Å². The Morgan fingerprint density at radius 3 is 2.61 bits per heavy atom. The van der Waals surface area contributed by atoms with E-state index < -0.39 is 16.6 Å². The van der Waals surface area contributed by atoms with Crippen molar-refractivity contribution in [1.29, 1.82) is 0 Å². The van der Waals surface area contributed by atoms with E-state index in [9.17, 15) is 24.1 Å². The maximum atomic E-state index is 13.4. The number of halogens is 1. The Morgan fingerprint density at radius 2 is 1.88 bits per heavy atom. The molecule has 0 radical (unpaired) electrons. The van der Waals surface area contributed by atoms with E-state index in [1.54, 1.807) is 43.3 Å². The summed E-state index contributed by atoms with van der Waals surface area (Å²) in [6.07, 6.45) is 0. The third-order valence-electron chi connectivity index (χ3n) is 4.85. The highest BCUT2D eigenvalue weighted by Crippen LogP contribution is 2.24. The van der Waals surface area contributed by atoms with E-state index in [0.29, 0.717) is 27.8 Å². The lowest BCUT2D eigenvalue weighted by Gasteiger charge is -2.13. The molecule has 10 heteroatoms. The molecule has 1 amide bonds. The van der Waals surface area contributed by atoms with Gasteiger partial charge in [0.15, 0.2) is 5.16 Å². The van der Waals surface area contributed by atoms with Crippen LogP contribution < -0.4 is 10.9 Å². The van der Waals surface area contributed by atoms with E-state index in [1.807, 2.05) is 0 Å². The van der Waals surface area contributed by atoms with Crippen LogP contribution in [0.25, 0.3) is 16.6 Å². The molecule has 166 valence electrons. The molecular weight excluding hydrogens is 447 g/mol. The van der Waals surface area contributed by atoms with Gasteiger partial charge in [-0.05, 0) is 49.4 Å². The number of nitro groups is 1. The molecule has 1 N–H and O–H groups in total. The Labute approximate surface area is 191 Å². The zero-order valence-electron chi connectivity index (χ0n) is 17.3. The molecule has 8 nitrogen and oxygen atoms in total. The SMILES string of the molecule is Cc1ccc(NC(=O)CSc2nc3ccccc3c(=O)n2-c2ccc(F)cc2)cc1[N+](=O)[O-]. The van der Waals surface area contributed by atoms with Gasteiger partial charge in [-0.3, -0.25) is 24.3 Å². The number of benzene rings is 3. The number of aromatic nitrogens is 2. The quantitative estimate of drug-likeness (QED) is 0.195. The maximum absolute atomic E-state index is 13.4. The average molecular weight is 464 g/mol. The number of carbonyl (C=O) groups excluding carboxylic acids is 1. The minimum absolute atomic E-state index is 0.0956. The number of anilines is 1. The van der Waals surface area contributed by atoms with E-state index in [1.165, 1.54) is 34.9 Å². The Hall–Kier alpha value is -4.05. The van der Waals surface area contributed by atoms with Gasteiger partial charge < -0.3 is 5.32 Å². The summed E-state index contributed by atoms with van der Waals surface area (Å²) < 4.78 is 14.7. The first-order chi connectivity index (χ1) is 15.8. The third-order valence-corrected chi connectivity index (χ3v) is 5.79. The molecule has 1 aromatic heterocycles. The first-order valence-corrected chi connectivity index (χ1v) is 10.8. The zero-order chi connectivity index (χ0) is 23.5. The fraction of sp³-hybridized carbons (Fsp3) is 0.0870. The summed E-state index contributed by atoms with van der Waals surface area (Å²) in [6.45, 7) is 1.61. The van der Waals surface area contributed by atoms with Crippen LogP contribution in [-0.2, 0) is 4.79 Å². The second kappa shape index (κ2) is 9.21. The lowest BCUT2D eigenvalue weighted by molar-refractivity contribution is -0.385. The van der Waals surface area contributed by atoms with E-state index in [-0.39, 0.29) is 22.2 Å². The van der Waals surface area contributed by atoms with Gasteiger partial charge in [0.2, 0.25) is 5.91 Å². The number of nitro benzene ring substituents is 1. The number of thioether (sulfide) groups is 1. The number of nitrogens with zero attached hydrogens (tertiary/aromatic N) is 3. The Morgan fingerprint density at radius 1 is 1.15 bits per heavy atom. The van der Waals surface area contributed by atoms with Crippen molar-refractivity contribution in [3.05, 3.63) is 98.6 Å². The van der Waals surface area contributed by atoms with Gasteiger partial charge in [-0.1, -0.05) is 30.0 Å². The van der Waals surface area contributed by atoms with Gasteiger partial charge in [0.25, 0.3) is 11.2 Å². The molecule has 0 fully saturated rings. The predicted octanol–water partition coefficient (Wildman–Crippen LogP) is 4.47. The number of para-hydroxylation sites is 1. The van der Waals surface area contributed by atoms with Gasteiger partial charge in [-0.15, -0.1) is 0 Å². The standard InChI is InChI=1S/C23H17FN4O4S/c1-14-6-9-16(12-20(14)28(31)32)25-21(29)13-33-23-26-19-5-3-2-4-18(19)22(30)27(23)17-10-7-15(24)8-11-17/h2-12H,13H2,1H3,(H,25,29). The molecule has 0 saturated carbocycles. The fourth-order valence-corrected chi connectivity index (χ4v) is 4.05. The summed E-state index contributed by atoms with van der Waals surface area (Å²) in [7, 11) is 0. The molecule has 0 atom stereocenters. The Kier molecular flexibility index (Phi) is 6.18. The number of nitrogens with one attached hydrogen (secondary N) is 1. The summed E-state index contributed by atoms with van der Waals surface area (Å²) in [5.41, 5.74) is 1.22. The van der Waals surface area contributed by atoms with E-state index in [0.717, 1.165) is 11.8 Å². The fourth-order valence-electron chi connectivity index (χ4n) is 3.24. The van der Waals surface area contributed by atoms with Crippen molar-refractivity contribution in [1.82, 2.24) is 9.55 Å². The summed E-state index contributed by atoms with van der Waals surface area (Å²) in [4.78, 5) is 40.8. The van der Waals surface area contributed by atoms with Crippen LogP contribution in [0.2, 0.25) is 0 Å². The van der Waals surface area contributed by atoms with Crippen LogP contribution in [0, 0.1) is 22.9 Å². The van der Waals surface area contributed by atoms with Crippen LogP contribution in [0.1, 0.15) is 5.56 Å². The van der Waals surface area contributed by atoms with Crippen molar-refractivity contribution >= 4 is 39.9 Å². The number of hydrogen-bond acceptors (Lipinski definition) is 6. The van der Waals surface area contributed by atoms with Crippen molar-refractivity contribution in [2.45, 2.75) is 12.1 Å². The smallest absolute Gasteiger partial charge is 0.274 e. The molecule has 33 heavy (non-hydrogen) atoms. The number of fused-ring (bicyclic) bond motifs is 1. The first kappa shape index (κ1) is 22.2. The van der Waals surface area contributed by atoms with Crippen molar-refractivity contribution < 1.29 is 14.1 Å². The molecule has 3 aromatic carbocycles. The molecule has 0 aliphatic rings. The number of hydrogen-bond donors (Lipinski definition) is 1. The van der Waals surface area contributed by atoms with Crippen LogP contribution in [0.4, 0.5) is 15.8 Å². The van der Waals surface area contributed by atoms with Gasteiger partial charge in [0.1, 0.15) is 5.82 Å².